The van der Waals surface area contributed by atoms with E-state index in [9.17, 15) is 4.79 Å². The van der Waals surface area contributed by atoms with Gasteiger partial charge in [0.1, 0.15) is 0 Å². The summed E-state index contributed by atoms with van der Waals surface area (Å²) in [6.45, 7) is 5.27. The molecule has 1 amide bonds. The lowest BCUT2D eigenvalue weighted by atomic mass is 9.97. The van der Waals surface area contributed by atoms with Crippen LogP contribution in [-0.4, -0.2) is 49.3 Å². The van der Waals surface area contributed by atoms with Gasteiger partial charge in [0.05, 0.1) is 11.6 Å². The Labute approximate surface area is 196 Å². The lowest BCUT2D eigenvalue weighted by Crippen LogP contribution is -2.44. The highest BCUT2D eigenvalue weighted by Gasteiger charge is 2.26. The molecule has 3 aromatic rings. The first-order valence-electron chi connectivity index (χ1n) is 11.8. The zero-order valence-electron chi connectivity index (χ0n) is 19.6. The van der Waals surface area contributed by atoms with Gasteiger partial charge in [0.25, 0.3) is 0 Å². The zero-order chi connectivity index (χ0) is 23.0. The lowest BCUT2D eigenvalue weighted by Gasteiger charge is -2.32. The Morgan fingerprint density at radius 3 is 2.58 bits per heavy atom. The van der Waals surface area contributed by atoms with Crippen LogP contribution in [0.2, 0.25) is 0 Å². The number of benzene rings is 2. The van der Waals surface area contributed by atoms with Crippen LogP contribution in [-0.2, 0) is 4.79 Å². The minimum absolute atomic E-state index is 0.0100. The van der Waals surface area contributed by atoms with Gasteiger partial charge in [0.2, 0.25) is 5.91 Å². The second-order valence-electron chi connectivity index (χ2n) is 8.83. The minimum Gasteiger partial charge on any atom is -0.375 e. The number of nitrogens with one attached hydrogen (secondary N) is 1. The number of rotatable bonds is 8. The number of carbonyl (C=O) groups excluding carboxylic acids is 1. The van der Waals surface area contributed by atoms with Crippen molar-refractivity contribution in [2.75, 3.05) is 43.0 Å². The molecular formula is C27H33N5O. The number of anilines is 2. The first-order valence-corrected chi connectivity index (χ1v) is 11.8. The fraction of sp³-hybridized carbons (Fsp3) is 0.370. The van der Waals surface area contributed by atoms with E-state index >= 15 is 0 Å². The van der Waals surface area contributed by atoms with Crippen molar-refractivity contribution in [3.05, 3.63) is 72.3 Å². The normalized spacial score (nSPS) is 15.8. The van der Waals surface area contributed by atoms with Crippen LogP contribution in [0.25, 0.3) is 11.3 Å². The Hall–Kier alpha value is -3.41. The van der Waals surface area contributed by atoms with Crippen molar-refractivity contribution < 1.29 is 4.79 Å². The van der Waals surface area contributed by atoms with E-state index in [0.717, 1.165) is 49.4 Å². The van der Waals surface area contributed by atoms with Crippen LogP contribution in [0.4, 0.5) is 11.5 Å². The van der Waals surface area contributed by atoms with Gasteiger partial charge in [-0.05, 0) is 50.5 Å². The molecule has 1 fully saturated rings. The highest BCUT2D eigenvalue weighted by molar-refractivity contribution is 5.79. The number of carbonyl (C=O) groups is 1. The average molecular weight is 444 g/mol. The summed E-state index contributed by atoms with van der Waals surface area (Å²) in [6, 6.07) is 22.6. The van der Waals surface area contributed by atoms with E-state index in [1.807, 2.05) is 30.3 Å². The Bertz CT molecular complexity index is 1020. The molecule has 0 spiro atoms. The number of nitrogens with zero attached hydrogens (tertiary/aromatic N) is 4. The number of para-hydroxylation sites is 1. The molecule has 4 rings (SSSR count). The van der Waals surface area contributed by atoms with E-state index < -0.39 is 0 Å². The van der Waals surface area contributed by atoms with Crippen molar-refractivity contribution >= 4 is 17.4 Å². The molecular weight excluding hydrogens is 410 g/mol. The molecule has 1 saturated heterocycles. The molecule has 172 valence electrons. The number of hydrogen-bond acceptors (Lipinski definition) is 5. The first kappa shape index (κ1) is 22.8. The van der Waals surface area contributed by atoms with Crippen molar-refractivity contribution in [3.8, 4) is 11.3 Å². The topological polar surface area (TPSA) is 61.4 Å². The fourth-order valence-electron chi connectivity index (χ4n) is 4.26. The van der Waals surface area contributed by atoms with Gasteiger partial charge >= 0.3 is 0 Å². The van der Waals surface area contributed by atoms with Gasteiger partial charge in [-0.15, -0.1) is 10.2 Å². The molecule has 6 nitrogen and oxygen atoms in total. The largest absolute Gasteiger partial charge is 0.375 e. The standard InChI is InChI=1S/C27H33N5O/c1-21-11-13-22(14-12-21)25-15-16-26(30-29-25)32-19-6-8-23(20-32)27(33)28-17-7-18-31(2)24-9-4-3-5-10-24/h3-5,9-16,23H,6-8,17-20H2,1-2H3,(H,28,33). The van der Waals surface area contributed by atoms with E-state index in [4.69, 9.17) is 0 Å². The van der Waals surface area contributed by atoms with E-state index in [0.29, 0.717) is 13.1 Å². The third-order valence-corrected chi connectivity index (χ3v) is 6.28. The van der Waals surface area contributed by atoms with Crippen molar-refractivity contribution in [1.82, 2.24) is 15.5 Å². The first-order chi connectivity index (χ1) is 16.1. The average Bonchev–Trinajstić information content (AvgIpc) is 2.87. The minimum atomic E-state index is -0.0100. The number of hydrogen-bond donors (Lipinski definition) is 1. The summed E-state index contributed by atoms with van der Waals surface area (Å²) in [7, 11) is 2.08. The van der Waals surface area contributed by atoms with Gasteiger partial charge in [-0.25, -0.2) is 0 Å². The van der Waals surface area contributed by atoms with Gasteiger partial charge in [-0.3, -0.25) is 4.79 Å². The summed E-state index contributed by atoms with van der Waals surface area (Å²) in [5, 5.41) is 12.0. The number of amides is 1. The second kappa shape index (κ2) is 10.9. The van der Waals surface area contributed by atoms with Crippen LogP contribution in [0.3, 0.4) is 0 Å². The second-order valence-corrected chi connectivity index (χ2v) is 8.83. The Balaban J connectivity index is 1.25. The van der Waals surface area contributed by atoms with Gasteiger partial charge < -0.3 is 15.1 Å². The summed E-state index contributed by atoms with van der Waals surface area (Å²) >= 11 is 0. The molecule has 0 aliphatic carbocycles. The smallest absolute Gasteiger partial charge is 0.224 e. The van der Waals surface area contributed by atoms with E-state index in [2.05, 4.69) is 75.7 Å². The third kappa shape index (κ3) is 6.09. The highest BCUT2D eigenvalue weighted by Crippen LogP contribution is 2.23. The maximum absolute atomic E-state index is 12.8. The molecule has 0 radical (unpaired) electrons. The van der Waals surface area contributed by atoms with E-state index in [1.165, 1.54) is 11.3 Å². The summed E-state index contributed by atoms with van der Waals surface area (Å²) in [5.41, 5.74) is 4.35. The van der Waals surface area contributed by atoms with Crippen LogP contribution in [0.1, 0.15) is 24.8 Å². The molecule has 1 aliphatic rings. The number of aromatic nitrogens is 2. The van der Waals surface area contributed by atoms with Crippen LogP contribution >= 0.6 is 0 Å². The number of piperidine rings is 1. The Morgan fingerprint density at radius 1 is 1.06 bits per heavy atom. The summed E-state index contributed by atoms with van der Waals surface area (Å²) in [5.74, 6) is 0.975. The highest BCUT2D eigenvalue weighted by atomic mass is 16.1. The molecule has 1 atom stereocenters. The van der Waals surface area contributed by atoms with Crippen molar-refractivity contribution in [2.24, 2.45) is 5.92 Å². The Kier molecular flexibility index (Phi) is 7.55. The predicted octanol–water partition coefficient (Wildman–Crippen LogP) is 4.31. The molecule has 6 heteroatoms. The SMILES string of the molecule is Cc1ccc(-c2ccc(N3CCCC(C(=O)NCCCN(C)c4ccccc4)C3)nn2)cc1. The summed E-state index contributed by atoms with van der Waals surface area (Å²) in [4.78, 5) is 17.2. The molecule has 2 heterocycles. The van der Waals surface area contributed by atoms with Gasteiger partial charge in [0, 0.05) is 44.5 Å². The molecule has 1 aliphatic heterocycles. The molecule has 0 bridgehead atoms. The molecule has 1 aromatic heterocycles. The Morgan fingerprint density at radius 2 is 1.85 bits per heavy atom. The van der Waals surface area contributed by atoms with E-state index in [-0.39, 0.29) is 11.8 Å². The predicted molar refractivity (Wildman–Crippen MR) is 134 cm³/mol. The van der Waals surface area contributed by atoms with Crippen molar-refractivity contribution in [3.63, 3.8) is 0 Å². The maximum atomic E-state index is 12.8. The van der Waals surface area contributed by atoms with Crippen LogP contribution in [0.15, 0.2) is 66.7 Å². The molecule has 2 aromatic carbocycles. The van der Waals surface area contributed by atoms with Gasteiger partial charge in [0.15, 0.2) is 5.82 Å². The molecule has 1 unspecified atom stereocenters. The third-order valence-electron chi connectivity index (χ3n) is 6.28. The molecule has 1 N–H and O–H groups in total. The lowest BCUT2D eigenvalue weighted by molar-refractivity contribution is -0.125. The van der Waals surface area contributed by atoms with Crippen LogP contribution < -0.4 is 15.1 Å². The van der Waals surface area contributed by atoms with Crippen LogP contribution in [0.5, 0.6) is 0 Å². The monoisotopic (exact) mass is 443 g/mol. The van der Waals surface area contributed by atoms with Crippen molar-refractivity contribution in [1.29, 1.82) is 0 Å². The molecule has 0 saturated carbocycles. The fourth-order valence-corrected chi connectivity index (χ4v) is 4.26. The van der Waals surface area contributed by atoms with Gasteiger partial charge in [-0.1, -0.05) is 48.0 Å². The van der Waals surface area contributed by atoms with Gasteiger partial charge in [-0.2, -0.15) is 0 Å². The van der Waals surface area contributed by atoms with Crippen LogP contribution in [0, 0.1) is 12.8 Å². The number of aryl methyl sites for hydroxylation is 1. The maximum Gasteiger partial charge on any atom is 0.224 e. The zero-order valence-corrected chi connectivity index (χ0v) is 19.6. The molecule has 33 heavy (non-hydrogen) atoms. The quantitative estimate of drug-likeness (QED) is 0.526. The summed E-state index contributed by atoms with van der Waals surface area (Å²) < 4.78 is 0. The van der Waals surface area contributed by atoms with Crippen molar-refractivity contribution in [2.45, 2.75) is 26.2 Å². The van der Waals surface area contributed by atoms with E-state index in [1.54, 1.807) is 0 Å². The summed E-state index contributed by atoms with van der Waals surface area (Å²) in [6.07, 6.45) is 2.82.